The number of hydrogen-bond acceptors (Lipinski definition) is 6. The van der Waals surface area contributed by atoms with Gasteiger partial charge in [0.2, 0.25) is 4.96 Å². The number of halogens is 1. The highest BCUT2D eigenvalue weighted by Gasteiger charge is 2.15. The Balaban J connectivity index is 1.68. The molecule has 0 saturated carbocycles. The van der Waals surface area contributed by atoms with Gasteiger partial charge < -0.3 is 10.1 Å². The molecule has 2 aromatic heterocycles. The number of carbonyl (C=O) groups is 1. The molecule has 0 saturated heterocycles. The molecule has 9 heteroatoms. The summed E-state index contributed by atoms with van der Waals surface area (Å²) in [6.07, 6.45) is 0.754. The van der Waals surface area contributed by atoms with Crippen LogP contribution >= 0.6 is 33.9 Å². The lowest BCUT2D eigenvalue weighted by Gasteiger charge is -2.11. The molecule has 2 heterocycles. The maximum absolute atomic E-state index is 12.7. The molecule has 0 radical (unpaired) electrons. The Kier molecular flexibility index (Phi) is 5.27. The minimum absolute atomic E-state index is 0.194. The second-order valence-corrected chi connectivity index (χ2v) is 8.15. The van der Waals surface area contributed by atoms with Gasteiger partial charge in [0, 0.05) is 21.1 Å². The van der Waals surface area contributed by atoms with Crippen LogP contribution in [0.2, 0.25) is 0 Å². The normalized spacial score (nSPS) is 11.0. The number of rotatable bonds is 5. The van der Waals surface area contributed by atoms with Crippen LogP contribution in [0.4, 0.5) is 5.69 Å². The lowest BCUT2D eigenvalue weighted by atomic mass is 10.1. The van der Waals surface area contributed by atoms with Gasteiger partial charge >= 0.3 is 0 Å². The van der Waals surface area contributed by atoms with Crippen molar-refractivity contribution in [1.82, 2.24) is 19.8 Å². The summed E-state index contributed by atoms with van der Waals surface area (Å²) in [5.41, 5.74) is 2.05. The molecule has 142 valence electrons. The number of fused-ring (bicyclic) bond motifs is 1. The van der Waals surface area contributed by atoms with Gasteiger partial charge in [-0.15, -0.1) is 10.2 Å². The summed E-state index contributed by atoms with van der Waals surface area (Å²) in [4.78, 5) is 13.4. The van der Waals surface area contributed by atoms with Crippen molar-refractivity contribution in [2.45, 2.75) is 13.3 Å². The van der Waals surface area contributed by atoms with Crippen LogP contribution in [0, 0.1) is 3.57 Å². The first-order valence-corrected chi connectivity index (χ1v) is 10.4. The van der Waals surface area contributed by atoms with Crippen molar-refractivity contribution < 1.29 is 9.53 Å². The predicted molar refractivity (Wildman–Crippen MR) is 117 cm³/mol. The van der Waals surface area contributed by atoms with Crippen molar-refractivity contribution >= 4 is 50.5 Å². The number of ether oxygens (including phenoxy) is 1. The van der Waals surface area contributed by atoms with E-state index in [0.29, 0.717) is 17.0 Å². The third-order valence-corrected chi connectivity index (χ3v) is 5.77. The van der Waals surface area contributed by atoms with Crippen LogP contribution in [0.15, 0.2) is 42.5 Å². The predicted octanol–water partition coefficient (Wildman–Crippen LogP) is 4.28. The summed E-state index contributed by atoms with van der Waals surface area (Å²) in [7, 11) is 1.58. The minimum Gasteiger partial charge on any atom is -0.495 e. The Morgan fingerprint density at radius 3 is 2.86 bits per heavy atom. The van der Waals surface area contributed by atoms with E-state index in [1.54, 1.807) is 17.7 Å². The zero-order chi connectivity index (χ0) is 19.7. The van der Waals surface area contributed by atoms with Gasteiger partial charge in [0.1, 0.15) is 10.8 Å². The molecule has 4 aromatic rings. The number of anilines is 1. The van der Waals surface area contributed by atoms with Crippen molar-refractivity contribution in [2.24, 2.45) is 0 Å². The number of methoxy groups -OCH3 is 1. The van der Waals surface area contributed by atoms with Gasteiger partial charge in [-0.3, -0.25) is 4.79 Å². The summed E-state index contributed by atoms with van der Waals surface area (Å²) in [5.74, 6) is 1.21. The van der Waals surface area contributed by atoms with E-state index >= 15 is 0 Å². The number of aryl methyl sites for hydroxylation is 1. The monoisotopic (exact) mass is 505 g/mol. The molecular weight excluding hydrogens is 489 g/mol. The van der Waals surface area contributed by atoms with E-state index in [9.17, 15) is 4.79 Å². The molecule has 0 fully saturated rings. The lowest BCUT2D eigenvalue weighted by Crippen LogP contribution is -2.12. The number of benzene rings is 2. The Morgan fingerprint density at radius 2 is 2.11 bits per heavy atom. The van der Waals surface area contributed by atoms with Gasteiger partial charge in [-0.1, -0.05) is 24.3 Å². The van der Waals surface area contributed by atoms with Crippen molar-refractivity contribution in [3.05, 3.63) is 57.4 Å². The first-order chi connectivity index (χ1) is 13.6. The lowest BCUT2D eigenvalue weighted by molar-refractivity contribution is 0.102. The topological polar surface area (TPSA) is 81.4 Å². The van der Waals surface area contributed by atoms with Gasteiger partial charge in [0.05, 0.1) is 12.8 Å². The zero-order valence-electron chi connectivity index (χ0n) is 15.1. The summed E-state index contributed by atoms with van der Waals surface area (Å²) in [5, 5.41) is 16.6. The second-order valence-electron chi connectivity index (χ2n) is 5.95. The number of hydrogen-bond donors (Lipinski definition) is 1. The Morgan fingerprint density at radius 1 is 1.25 bits per heavy atom. The second kappa shape index (κ2) is 7.84. The molecule has 0 spiro atoms. The van der Waals surface area contributed by atoms with Crippen molar-refractivity contribution in [1.29, 1.82) is 0 Å². The van der Waals surface area contributed by atoms with Crippen molar-refractivity contribution in [3.63, 3.8) is 0 Å². The van der Waals surface area contributed by atoms with E-state index in [2.05, 4.69) is 43.2 Å². The van der Waals surface area contributed by atoms with Gasteiger partial charge in [-0.05, 0) is 59.0 Å². The summed E-state index contributed by atoms with van der Waals surface area (Å²) >= 11 is 3.63. The maximum atomic E-state index is 12.7. The highest BCUT2D eigenvalue weighted by Crippen LogP contribution is 2.33. The molecule has 1 N–H and O–H groups in total. The molecular formula is C19H16IN5O2S. The summed E-state index contributed by atoms with van der Waals surface area (Å²) < 4.78 is 8.17. The minimum atomic E-state index is -0.194. The third-order valence-electron chi connectivity index (χ3n) is 4.15. The van der Waals surface area contributed by atoms with Crippen LogP contribution in [-0.4, -0.2) is 32.8 Å². The molecule has 1 amide bonds. The average molecular weight is 505 g/mol. The number of nitrogens with one attached hydrogen (secondary N) is 1. The molecule has 0 atom stereocenters. The molecule has 0 unspecified atom stereocenters. The summed E-state index contributed by atoms with van der Waals surface area (Å²) in [6.45, 7) is 2.02. The molecule has 2 aromatic carbocycles. The first kappa shape index (κ1) is 18.8. The number of carbonyl (C=O) groups excluding carboxylic acids is 1. The number of nitrogens with zero attached hydrogens (tertiary/aromatic N) is 4. The maximum Gasteiger partial charge on any atom is 0.255 e. The van der Waals surface area contributed by atoms with Crippen molar-refractivity contribution in [2.75, 3.05) is 12.4 Å². The van der Waals surface area contributed by atoms with Crippen LogP contribution in [0.5, 0.6) is 5.75 Å². The standard InChI is InChI=1S/C19H16IN5O2S/c1-3-16-22-23-19-25(16)24-18(28-19)12-7-8-15(27-2)14(10-12)21-17(26)11-5-4-6-13(20)9-11/h4-10H,3H2,1-2H3,(H,21,26). The fourth-order valence-corrected chi connectivity index (χ4v) is 4.16. The highest BCUT2D eigenvalue weighted by molar-refractivity contribution is 14.1. The smallest absolute Gasteiger partial charge is 0.255 e. The molecule has 0 aliphatic carbocycles. The molecule has 7 nitrogen and oxygen atoms in total. The van der Waals surface area contributed by atoms with Crippen LogP contribution < -0.4 is 10.1 Å². The van der Waals surface area contributed by atoms with Gasteiger partial charge in [0.15, 0.2) is 5.82 Å². The third kappa shape index (κ3) is 3.59. The zero-order valence-corrected chi connectivity index (χ0v) is 18.1. The molecule has 0 aliphatic heterocycles. The van der Waals surface area contributed by atoms with Crippen LogP contribution in [-0.2, 0) is 6.42 Å². The highest BCUT2D eigenvalue weighted by atomic mass is 127. The van der Waals surface area contributed by atoms with Crippen molar-refractivity contribution in [3.8, 4) is 16.3 Å². The van der Waals surface area contributed by atoms with E-state index in [1.807, 2.05) is 43.3 Å². The fourth-order valence-electron chi connectivity index (χ4n) is 2.76. The molecule has 0 aliphatic rings. The van der Waals surface area contributed by atoms with Gasteiger partial charge in [-0.2, -0.15) is 9.61 Å². The average Bonchev–Trinajstić information content (AvgIpc) is 3.28. The fraction of sp³-hybridized carbons (Fsp3) is 0.158. The van der Waals surface area contributed by atoms with Crippen LogP contribution in [0.1, 0.15) is 23.1 Å². The number of amides is 1. The molecule has 28 heavy (non-hydrogen) atoms. The number of aromatic nitrogens is 4. The van der Waals surface area contributed by atoms with E-state index < -0.39 is 0 Å². The quantitative estimate of drug-likeness (QED) is 0.410. The van der Waals surface area contributed by atoms with Gasteiger partial charge in [0.25, 0.3) is 5.91 Å². The van der Waals surface area contributed by atoms with E-state index in [1.165, 1.54) is 11.3 Å². The largest absolute Gasteiger partial charge is 0.495 e. The Hall–Kier alpha value is -2.53. The van der Waals surface area contributed by atoms with E-state index in [4.69, 9.17) is 4.74 Å². The van der Waals surface area contributed by atoms with E-state index in [-0.39, 0.29) is 5.91 Å². The molecule has 4 rings (SSSR count). The summed E-state index contributed by atoms with van der Waals surface area (Å²) in [6, 6.07) is 13.0. The van der Waals surface area contributed by atoms with Crippen LogP contribution in [0.3, 0.4) is 0 Å². The SMILES string of the molecule is CCc1nnc2sc(-c3ccc(OC)c(NC(=O)c4cccc(I)c4)c3)nn12. The van der Waals surface area contributed by atoms with Gasteiger partial charge in [-0.25, -0.2) is 0 Å². The Bertz CT molecular complexity index is 1170. The first-order valence-electron chi connectivity index (χ1n) is 8.55. The van der Waals surface area contributed by atoms with E-state index in [0.717, 1.165) is 31.3 Å². The van der Waals surface area contributed by atoms with Crippen LogP contribution in [0.25, 0.3) is 15.5 Å². The Labute approximate surface area is 178 Å². The molecule has 0 bridgehead atoms.